The Bertz CT molecular complexity index is 487. The summed E-state index contributed by atoms with van der Waals surface area (Å²) in [5, 5.41) is 10.6. The van der Waals surface area contributed by atoms with Crippen molar-refractivity contribution in [2.24, 2.45) is 11.8 Å². The Morgan fingerprint density at radius 2 is 1.28 bits per heavy atom. The van der Waals surface area contributed by atoms with Crippen molar-refractivity contribution in [1.29, 1.82) is 0 Å². The van der Waals surface area contributed by atoms with Gasteiger partial charge in [-0.1, -0.05) is 79.1 Å². The molecule has 25 heavy (non-hydrogen) atoms. The number of phenolic OH excluding ortho intramolecular Hbond substituents is 1. The molecule has 0 aliphatic carbocycles. The maximum absolute atomic E-state index is 14.1. The summed E-state index contributed by atoms with van der Waals surface area (Å²) in [5.74, 6) is 1.35. The fourth-order valence-electron chi connectivity index (χ4n) is 3.68. The Kier molecular flexibility index (Phi) is 10.5. The molecular weight excluding hydrogens is 327 g/mol. The van der Waals surface area contributed by atoms with Gasteiger partial charge in [0.05, 0.1) is 0 Å². The quantitative estimate of drug-likeness (QED) is 0.389. The number of phenols is 1. The van der Waals surface area contributed by atoms with E-state index in [9.17, 15) is 9.67 Å². The van der Waals surface area contributed by atoms with Crippen LogP contribution in [0.5, 0.6) is 5.75 Å². The normalized spacial score (nSPS) is 16.3. The smallest absolute Gasteiger partial charge is 0.116 e. The molecule has 1 rings (SSSR count). The van der Waals surface area contributed by atoms with Crippen LogP contribution in [0.25, 0.3) is 0 Å². The highest BCUT2D eigenvalue weighted by atomic mass is 31.2. The number of hydrogen-bond donors (Lipinski definition) is 1. The Hall–Kier alpha value is -0.750. The van der Waals surface area contributed by atoms with E-state index in [1.807, 2.05) is 12.1 Å². The van der Waals surface area contributed by atoms with Gasteiger partial charge >= 0.3 is 0 Å². The highest BCUT2D eigenvalue weighted by molar-refractivity contribution is 7.71. The topological polar surface area (TPSA) is 37.3 Å². The second kappa shape index (κ2) is 11.8. The molecule has 0 bridgehead atoms. The van der Waals surface area contributed by atoms with Gasteiger partial charge in [0.25, 0.3) is 0 Å². The van der Waals surface area contributed by atoms with Crippen LogP contribution in [0.2, 0.25) is 0 Å². The molecule has 1 aromatic carbocycles. The van der Waals surface area contributed by atoms with E-state index in [1.54, 1.807) is 12.1 Å². The van der Waals surface area contributed by atoms with Crippen LogP contribution in [-0.4, -0.2) is 17.4 Å². The van der Waals surface area contributed by atoms with Gasteiger partial charge in [0, 0.05) is 17.6 Å². The largest absolute Gasteiger partial charge is 0.508 e. The molecule has 2 unspecified atom stereocenters. The highest BCUT2D eigenvalue weighted by Gasteiger charge is 2.30. The molecule has 0 spiro atoms. The standard InChI is InChI=1S/C22H39O2P/c1-5-9-11-19(7-3)17-25(24,18-20(8-4)12-10-6-2)22-15-13-21(23)14-16-22/h13-16,19-20,23H,5-12,17-18H2,1-4H3. The third-order valence-electron chi connectivity index (χ3n) is 5.51. The van der Waals surface area contributed by atoms with Crippen molar-refractivity contribution in [3.8, 4) is 5.75 Å². The van der Waals surface area contributed by atoms with Gasteiger partial charge in [0.2, 0.25) is 0 Å². The predicted molar refractivity (Wildman–Crippen MR) is 112 cm³/mol. The number of benzene rings is 1. The third-order valence-corrected chi connectivity index (χ3v) is 8.96. The number of rotatable bonds is 13. The first-order valence-corrected chi connectivity index (χ1v) is 12.4. The molecule has 0 aliphatic heterocycles. The van der Waals surface area contributed by atoms with Gasteiger partial charge in [0.15, 0.2) is 0 Å². The van der Waals surface area contributed by atoms with Crippen LogP contribution in [0.15, 0.2) is 24.3 Å². The van der Waals surface area contributed by atoms with Crippen LogP contribution in [-0.2, 0) is 4.57 Å². The van der Waals surface area contributed by atoms with Crippen molar-refractivity contribution in [3.05, 3.63) is 24.3 Å². The van der Waals surface area contributed by atoms with E-state index < -0.39 is 7.14 Å². The predicted octanol–water partition coefficient (Wildman–Crippen LogP) is 6.81. The van der Waals surface area contributed by atoms with Gasteiger partial charge in [-0.2, -0.15) is 0 Å². The summed E-state index contributed by atoms with van der Waals surface area (Å²) < 4.78 is 14.1. The van der Waals surface area contributed by atoms with Gasteiger partial charge in [-0.3, -0.25) is 0 Å². The zero-order chi connectivity index (χ0) is 18.7. The highest BCUT2D eigenvalue weighted by Crippen LogP contribution is 2.50. The number of aromatic hydroxyl groups is 1. The van der Waals surface area contributed by atoms with Gasteiger partial charge < -0.3 is 9.67 Å². The van der Waals surface area contributed by atoms with E-state index in [0.29, 0.717) is 11.8 Å². The average molecular weight is 367 g/mol. The lowest BCUT2D eigenvalue weighted by atomic mass is 10.0. The summed E-state index contributed by atoms with van der Waals surface area (Å²) in [6, 6.07) is 7.19. The number of unbranched alkanes of at least 4 members (excludes halogenated alkanes) is 2. The van der Waals surface area contributed by atoms with Gasteiger partial charge in [-0.25, -0.2) is 0 Å². The number of hydrogen-bond acceptors (Lipinski definition) is 2. The van der Waals surface area contributed by atoms with Crippen molar-refractivity contribution in [2.75, 3.05) is 12.3 Å². The summed E-state index contributed by atoms with van der Waals surface area (Å²) >= 11 is 0. The minimum atomic E-state index is -2.43. The molecule has 2 nitrogen and oxygen atoms in total. The summed E-state index contributed by atoms with van der Waals surface area (Å²) in [7, 11) is -2.43. The first-order valence-electron chi connectivity index (χ1n) is 10.4. The molecule has 1 N–H and O–H groups in total. The van der Waals surface area contributed by atoms with E-state index in [0.717, 1.165) is 30.5 Å². The molecule has 0 heterocycles. The average Bonchev–Trinajstić information content (AvgIpc) is 2.62. The molecule has 144 valence electrons. The molecule has 0 amide bonds. The second-order valence-corrected chi connectivity index (χ2v) is 10.6. The molecule has 2 atom stereocenters. The van der Waals surface area contributed by atoms with Crippen LogP contribution in [0.3, 0.4) is 0 Å². The van der Waals surface area contributed by atoms with Crippen molar-refractivity contribution in [3.63, 3.8) is 0 Å². The molecule has 1 aromatic rings. The lowest BCUT2D eigenvalue weighted by molar-refractivity contribution is 0.466. The molecule has 3 heteroatoms. The zero-order valence-electron chi connectivity index (χ0n) is 16.8. The summed E-state index contributed by atoms with van der Waals surface area (Å²) in [6.07, 6.45) is 11.1. The van der Waals surface area contributed by atoms with Crippen LogP contribution in [0.4, 0.5) is 0 Å². The second-order valence-electron chi connectivity index (χ2n) is 7.60. The first-order chi connectivity index (χ1) is 12.0. The molecule has 0 aliphatic rings. The fourth-order valence-corrected chi connectivity index (χ4v) is 7.49. The van der Waals surface area contributed by atoms with Gasteiger partial charge in [-0.15, -0.1) is 0 Å². The van der Waals surface area contributed by atoms with Gasteiger partial charge in [-0.05, 0) is 36.1 Å². The maximum Gasteiger partial charge on any atom is 0.116 e. The Morgan fingerprint density at radius 1 is 0.840 bits per heavy atom. The Morgan fingerprint density at radius 3 is 1.64 bits per heavy atom. The van der Waals surface area contributed by atoms with Crippen LogP contribution < -0.4 is 5.30 Å². The van der Waals surface area contributed by atoms with E-state index >= 15 is 0 Å². The third kappa shape index (κ3) is 7.57. The SMILES string of the molecule is CCCCC(CC)CP(=O)(CC(CC)CCCC)c1ccc(O)cc1. The first kappa shape index (κ1) is 22.3. The van der Waals surface area contributed by atoms with Crippen LogP contribution >= 0.6 is 7.14 Å². The minimum Gasteiger partial charge on any atom is -0.508 e. The molecule has 0 radical (unpaired) electrons. The lowest BCUT2D eigenvalue weighted by Crippen LogP contribution is -2.20. The van der Waals surface area contributed by atoms with Crippen LogP contribution in [0, 0.1) is 11.8 Å². The van der Waals surface area contributed by atoms with E-state index in [2.05, 4.69) is 27.7 Å². The summed E-state index contributed by atoms with van der Waals surface area (Å²) in [4.78, 5) is 0. The molecule has 0 aromatic heterocycles. The summed E-state index contributed by atoms with van der Waals surface area (Å²) in [6.45, 7) is 8.92. The van der Waals surface area contributed by atoms with E-state index in [4.69, 9.17) is 0 Å². The van der Waals surface area contributed by atoms with Crippen molar-refractivity contribution >= 4 is 12.4 Å². The van der Waals surface area contributed by atoms with Gasteiger partial charge in [0.1, 0.15) is 12.9 Å². The molecule has 0 fully saturated rings. The fraction of sp³-hybridized carbons (Fsp3) is 0.727. The van der Waals surface area contributed by atoms with Crippen molar-refractivity contribution in [2.45, 2.75) is 79.1 Å². The summed E-state index contributed by atoms with van der Waals surface area (Å²) in [5.41, 5.74) is 0. The van der Waals surface area contributed by atoms with Crippen LogP contribution in [0.1, 0.15) is 79.1 Å². The Balaban J connectivity index is 3.03. The maximum atomic E-state index is 14.1. The monoisotopic (exact) mass is 366 g/mol. The van der Waals surface area contributed by atoms with E-state index in [1.165, 1.54) is 38.5 Å². The lowest BCUT2D eigenvalue weighted by Gasteiger charge is -2.28. The van der Waals surface area contributed by atoms with E-state index in [-0.39, 0.29) is 5.75 Å². The zero-order valence-corrected chi connectivity index (χ0v) is 17.7. The minimum absolute atomic E-state index is 0.256. The molecule has 0 saturated carbocycles. The molecular formula is C22H39O2P. The molecule has 0 saturated heterocycles. The Labute approximate surface area is 155 Å². The van der Waals surface area contributed by atoms with Crippen molar-refractivity contribution in [1.82, 2.24) is 0 Å². The van der Waals surface area contributed by atoms with Crippen molar-refractivity contribution < 1.29 is 9.67 Å².